The Morgan fingerprint density at radius 2 is 1.20 bits per heavy atom. The van der Waals surface area contributed by atoms with Crippen LogP contribution in [0.2, 0.25) is 13.7 Å². The molecule has 0 saturated heterocycles. The molecule has 256 valence electrons. The van der Waals surface area contributed by atoms with Crippen molar-refractivity contribution in [1.29, 1.82) is 0 Å². The van der Waals surface area contributed by atoms with E-state index in [9.17, 15) is 0 Å². The Kier molecular flexibility index (Phi) is 7.89. The zero-order valence-corrected chi connectivity index (χ0v) is 34.8. The molecule has 6 aliphatic rings. The van der Waals surface area contributed by atoms with Crippen molar-refractivity contribution in [3.63, 3.8) is 0 Å². The molecule has 3 heteroatoms. The molecule has 2 saturated carbocycles. The van der Waals surface area contributed by atoms with Gasteiger partial charge in [-0.3, -0.25) is 0 Å². The molecular weight excluding hydrogens is 727 g/mol. The Morgan fingerprint density at radius 3 is 1.74 bits per heavy atom. The summed E-state index contributed by atoms with van der Waals surface area (Å²) < 4.78 is 3.60. The Bertz CT molecular complexity index is 2060. The minimum absolute atomic E-state index is 0.0990. The third-order valence-electron chi connectivity index (χ3n) is 16.4. The Labute approximate surface area is 318 Å². The van der Waals surface area contributed by atoms with Crippen LogP contribution in [0.4, 0.5) is 0 Å². The summed E-state index contributed by atoms with van der Waals surface area (Å²) in [4.78, 5) is 0. The fourth-order valence-electron chi connectivity index (χ4n) is 13.2. The fourth-order valence-corrected chi connectivity index (χ4v) is 24.7. The molecule has 0 aromatic heterocycles. The molecule has 0 amide bonds. The summed E-state index contributed by atoms with van der Waals surface area (Å²) in [5.74, 6) is 0.352. The van der Waals surface area contributed by atoms with Crippen LogP contribution in [0.1, 0.15) is 72.9 Å². The second-order valence-electron chi connectivity index (χ2n) is 17.1. The van der Waals surface area contributed by atoms with E-state index in [2.05, 4.69) is 177 Å². The SMILES string of the molecule is CC1=CC=CC2[CH]([Zr]([C]3=CC=CC3)=[C](c3cccc(Cl)c3)c3cccc(Cl)c3)C3(C)C4(C)C=CC=CC4(C)C4(C)C=CC=CC4(C)C3(C)C12C. The first-order valence-electron chi connectivity index (χ1n) is 18.4. The van der Waals surface area contributed by atoms with Gasteiger partial charge in [0.15, 0.2) is 0 Å². The molecule has 2 aromatic rings. The molecule has 8 rings (SSSR count). The average molecular weight is 777 g/mol. The Morgan fingerprint density at radius 1 is 0.660 bits per heavy atom. The molecule has 50 heavy (non-hydrogen) atoms. The first kappa shape index (κ1) is 34.8. The molecule has 0 bridgehead atoms. The summed E-state index contributed by atoms with van der Waals surface area (Å²) in [5, 5.41) is 1.57. The van der Waals surface area contributed by atoms with Gasteiger partial charge >= 0.3 is 321 Å². The van der Waals surface area contributed by atoms with Gasteiger partial charge in [0, 0.05) is 0 Å². The summed E-state index contributed by atoms with van der Waals surface area (Å²) in [5.41, 5.74) is 3.06. The molecule has 2 fully saturated rings. The van der Waals surface area contributed by atoms with Crippen LogP contribution in [0.25, 0.3) is 0 Å². The number of fused-ring (bicyclic) bond motifs is 8. The van der Waals surface area contributed by atoms with Crippen molar-refractivity contribution in [2.45, 2.75) is 65.4 Å². The summed E-state index contributed by atoms with van der Waals surface area (Å²) in [6, 6.07) is 17.4. The van der Waals surface area contributed by atoms with Gasteiger partial charge < -0.3 is 0 Å². The van der Waals surface area contributed by atoms with Crippen molar-refractivity contribution in [3.05, 3.63) is 164 Å². The van der Waals surface area contributed by atoms with Crippen molar-refractivity contribution >= 4 is 26.4 Å². The molecule has 0 heterocycles. The van der Waals surface area contributed by atoms with Gasteiger partial charge in [0.05, 0.1) is 0 Å². The monoisotopic (exact) mass is 774 g/mol. The predicted octanol–water partition coefficient (Wildman–Crippen LogP) is 13.3. The molecule has 0 spiro atoms. The number of halogens is 2. The van der Waals surface area contributed by atoms with Crippen LogP contribution in [0.5, 0.6) is 0 Å². The normalized spacial score (nSPS) is 41.6. The second-order valence-corrected chi connectivity index (χ2v) is 24.4. The summed E-state index contributed by atoms with van der Waals surface area (Å²) in [6.45, 7) is 21.1. The van der Waals surface area contributed by atoms with E-state index in [0.29, 0.717) is 9.54 Å². The van der Waals surface area contributed by atoms with E-state index in [-0.39, 0.29) is 37.9 Å². The third kappa shape index (κ3) is 3.86. The molecule has 0 aliphatic heterocycles. The zero-order chi connectivity index (χ0) is 35.5. The fraction of sp³-hybridized carbons (Fsp3) is 0.383. The number of hydrogen-bond acceptors (Lipinski definition) is 0. The zero-order valence-electron chi connectivity index (χ0n) is 30.8. The van der Waals surface area contributed by atoms with Crippen LogP contribution in [-0.4, -0.2) is 3.21 Å². The summed E-state index contributed by atoms with van der Waals surface area (Å²) >= 11 is 10.7. The van der Waals surface area contributed by atoms with Crippen LogP contribution in [-0.2, 0) is 21.3 Å². The molecule has 0 radical (unpaired) electrons. The predicted molar refractivity (Wildman–Crippen MR) is 211 cm³/mol. The molecule has 2 aromatic carbocycles. The molecule has 6 aliphatic carbocycles. The first-order valence-corrected chi connectivity index (χ1v) is 23.0. The third-order valence-corrected chi connectivity index (χ3v) is 26.1. The second kappa shape index (κ2) is 11.3. The molecule has 9 atom stereocenters. The van der Waals surface area contributed by atoms with Gasteiger partial charge in [-0.2, -0.15) is 0 Å². The number of rotatable bonds is 4. The minimum atomic E-state index is -3.07. The van der Waals surface area contributed by atoms with Gasteiger partial charge in [0.25, 0.3) is 0 Å². The Balaban J connectivity index is 1.59. The maximum atomic E-state index is 6.89. The van der Waals surface area contributed by atoms with Crippen molar-refractivity contribution in [3.8, 4) is 0 Å². The van der Waals surface area contributed by atoms with Gasteiger partial charge in [-0.05, 0) is 0 Å². The van der Waals surface area contributed by atoms with E-state index in [4.69, 9.17) is 23.2 Å². The van der Waals surface area contributed by atoms with E-state index in [1.807, 2.05) is 12.1 Å². The van der Waals surface area contributed by atoms with Crippen molar-refractivity contribution in [1.82, 2.24) is 0 Å². The first-order chi connectivity index (χ1) is 23.7. The van der Waals surface area contributed by atoms with Crippen molar-refractivity contribution < 1.29 is 21.3 Å². The molecule has 0 nitrogen and oxygen atoms in total. The topological polar surface area (TPSA) is 0 Å². The number of allylic oxidation sites excluding steroid dienone is 16. The quantitative estimate of drug-likeness (QED) is 0.290. The van der Waals surface area contributed by atoms with Crippen LogP contribution in [0.3, 0.4) is 0 Å². The van der Waals surface area contributed by atoms with Gasteiger partial charge in [0.1, 0.15) is 0 Å². The standard InChI is InChI=1S/C29H37.C13H8Cl2.C5H5.Zr/c1-21-14-13-15-22-20-27(6)25(4)18-10-9-16-23(25,2)24(3)17-11-12-19-26(24,5)29(27,8)28(21,22)7;14-12-5-1-3-10(8-12)7-11-4-2-6-13(15)9-11;1-2-4-5-3-1;/h9-20,22H,1-8H3;1-6,8-9H;1-3H,4H2;. The summed E-state index contributed by atoms with van der Waals surface area (Å²) in [6.07, 6.45) is 35.6. The van der Waals surface area contributed by atoms with Crippen LogP contribution < -0.4 is 0 Å². The van der Waals surface area contributed by atoms with Gasteiger partial charge in [-0.1, -0.05) is 0 Å². The molecular formula is C47H50Cl2Zr. The average Bonchev–Trinajstić information content (AvgIpc) is 3.67. The van der Waals surface area contributed by atoms with Gasteiger partial charge in [-0.25, -0.2) is 0 Å². The van der Waals surface area contributed by atoms with Crippen molar-refractivity contribution in [2.24, 2.45) is 43.8 Å². The van der Waals surface area contributed by atoms with Crippen LogP contribution in [0, 0.1) is 43.8 Å². The summed E-state index contributed by atoms with van der Waals surface area (Å²) in [7, 11) is 0. The van der Waals surface area contributed by atoms with Gasteiger partial charge in [0.2, 0.25) is 0 Å². The van der Waals surface area contributed by atoms with Crippen LogP contribution in [0.15, 0.2) is 142 Å². The van der Waals surface area contributed by atoms with E-state index in [1.54, 1.807) is 3.28 Å². The van der Waals surface area contributed by atoms with E-state index >= 15 is 0 Å². The molecule has 0 N–H and O–H groups in total. The van der Waals surface area contributed by atoms with Gasteiger partial charge in [-0.15, -0.1) is 0 Å². The Hall–Kier alpha value is -2.31. The molecule has 9 unspecified atom stereocenters. The van der Waals surface area contributed by atoms with Crippen molar-refractivity contribution in [2.75, 3.05) is 0 Å². The number of hydrogen-bond donors (Lipinski definition) is 0. The van der Waals surface area contributed by atoms with Crippen LogP contribution >= 0.6 is 23.2 Å². The van der Waals surface area contributed by atoms with E-state index in [1.165, 1.54) is 19.9 Å². The van der Waals surface area contributed by atoms with E-state index < -0.39 is 21.3 Å². The maximum absolute atomic E-state index is 6.89. The number of benzene rings is 2. The van der Waals surface area contributed by atoms with E-state index in [0.717, 1.165) is 16.5 Å².